The molecule has 1 N–H and O–H groups in total. The van der Waals surface area contributed by atoms with Gasteiger partial charge in [0.25, 0.3) is 0 Å². The molecular formula is C22H20F2N2O2S. The molecule has 0 saturated carbocycles. The van der Waals surface area contributed by atoms with Crippen LogP contribution in [0.1, 0.15) is 28.5 Å². The molecule has 150 valence electrons. The van der Waals surface area contributed by atoms with E-state index in [0.717, 1.165) is 21.2 Å². The van der Waals surface area contributed by atoms with Crippen molar-refractivity contribution in [3.05, 3.63) is 70.2 Å². The molecular weight excluding hydrogens is 394 g/mol. The number of carbonyl (C=O) groups excluding carboxylic acids is 1. The van der Waals surface area contributed by atoms with Gasteiger partial charge in [0.1, 0.15) is 17.3 Å². The van der Waals surface area contributed by atoms with Crippen molar-refractivity contribution in [3.63, 3.8) is 0 Å². The third-order valence-electron chi connectivity index (χ3n) is 4.90. The van der Waals surface area contributed by atoms with Crippen LogP contribution in [0.15, 0.2) is 41.8 Å². The van der Waals surface area contributed by atoms with Crippen molar-refractivity contribution < 1.29 is 18.3 Å². The lowest BCUT2D eigenvalue weighted by Crippen LogP contribution is -2.17. The zero-order chi connectivity index (χ0) is 20.5. The van der Waals surface area contributed by atoms with Crippen LogP contribution in [-0.2, 0) is 17.8 Å². The summed E-state index contributed by atoms with van der Waals surface area (Å²) in [4.78, 5) is 12.8. The number of fused-ring (bicyclic) bond motifs is 2. The van der Waals surface area contributed by atoms with Crippen molar-refractivity contribution in [3.8, 4) is 0 Å². The largest absolute Gasteiger partial charge is 0.461 e. The van der Waals surface area contributed by atoms with Crippen LogP contribution in [0, 0.1) is 11.6 Å². The molecule has 2 aromatic carbocycles. The normalized spacial score (nSPS) is 11.4. The molecule has 4 aromatic rings. The van der Waals surface area contributed by atoms with Gasteiger partial charge in [-0.1, -0.05) is 0 Å². The van der Waals surface area contributed by atoms with Crippen molar-refractivity contribution in [2.75, 3.05) is 13.7 Å². The van der Waals surface area contributed by atoms with Crippen LogP contribution in [-0.4, -0.2) is 24.2 Å². The van der Waals surface area contributed by atoms with Gasteiger partial charge in [-0.2, -0.15) is 0 Å². The number of aromatic nitrogens is 1. The van der Waals surface area contributed by atoms with Crippen LogP contribution in [0.4, 0.5) is 8.78 Å². The number of esters is 1. The summed E-state index contributed by atoms with van der Waals surface area (Å²) in [6, 6.07) is 9.17. The lowest BCUT2D eigenvalue weighted by Gasteiger charge is -2.11. The summed E-state index contributed by atoms with van der Waals surface area (Å²) in [6.07, 6.45) is 0. The van der Waals surface area contributed by atoms with Crippen molar-refractivity contribution >= 4 is 38.3 Å². The Kier molecular flexibility index (Phi) is 5.34. The van der Waals surface area contributed by atoms with Gasteiger partial charge in [0.2, 0.25) is 0 Å². The second-order valence-corrected chi connectivity index (χ2v) is 7.64. The monoisotopic (exact) mass is 414 g/mol. The summed E-state index contributed by atoms with van der Waals surface area (Å²) in [5, 5.41) is 6.49. The fourth-order valence-electron chi connectivity index (χ4n) is 3.70. The van der Waals surface area contributed by atoms with Crippen LogP contribution in [0.5, 0.6) is 0 Å². The first-order valence-electron chi connectivity index (χ1n) is 9.31. The molecule has 0 saturated heterocycles. The molecule has 0 bridgehead atoms. The molecule has 0 atom stereocenters. The van der Waals surface area contributed by atoms with Gasteiger partial charge in [0.15, 0.2) is 0 Å². The molecule has 0 unspecified atom stereocenters. The highest BCUT2D eigenvalue weighted by Crippen LogP contribution is 2.32. The average Bonchev–Trinajstić information content (AvgIpc) is 3.22. The second kappa shape index (κ2) is 7.93. The van der Waals surface area contributed by atoms with Gasteiger partial charge in [0, 0.05) is 39.6 Å². The van der Waals surface area contributed by atoms with E-state index in [1.165, 1.54) is 35.6 Å². The minimum absolute atomic E-state index is 0.236. The summed E-state index contributed by atoms with van der Waals surface area (Å²) >= 11 is 1.52. The zero-order valence-corrected chi connectivity index (χ0v) is 16.9. The highest BCUT2D eigenvalue weighted by Gasteiger charge is 2.24. The molecule has 0 amide bonds. The van der Waals surface area contributed by atoms with Crippen LogP contribution in [0.3, 0.4) is 0 Å². The van der Waals surface area contributed by atoms with Gasteiger partial charge in [-0.25, -0.2) is 13.6 Å². The Morgan fingerprint density at radius 2 is 1.86 bits per heavy atom. The number of hydrogen-bond acceptors (Lipinski definition) is 4. The standard InChI is InChI=1S/C22H20F2N2O2S/c1-3-28-22(27)21-18(10-25-2)17-9-14(23)4-6-19(17)26(21)11-13-12-29-20-7-5-15(24)8-16(13)20/h4-9,12,25H,3,10-11H2,1-2H3. The number of hydrogen-bond donors (Lipinski definition) is 1. The number of ether oxygens (including phenoxy) is 1. The molecule has 0 fully saturated rings. The minimum atomic E-state index is -0.458. The van der Waals surface area contributed by atoms with Gasteiger partial charge >= 0.3 is 5.97 Å². The SMILES string of the molecule is CCOC(=O)c1c(CNC)c2cc(F)ccc2n1Cc1csc2ccc(F)cc12. The van der Waals surface area contributed by atoms with Crippen molar-refractivity contribution in [2.45, 2.75) is 20.0 Å². The Bertz CT molecular complexity index is 1210. The van der Waals surface area contributed by atoms with Crippen LogP contribution >= 0.6 is 11.3 Å². The van der Waals surface area contributed by atoms with Gasteiger partial charge in [0.05, 0.1) is 6.61 Å². The predicted octanol–water partition coefficient (Wildman–Crippen LogP) is 5.08. The lowest BCUT2D eigenvalue weighted by atomic mass is 10.1. The maximum Gasteiger partial charge on any atom is 0.355 e. The number of benzene rings is 2. The average molecular weight is 414 g/mol. The molecule has 0 aliphatic rings. The summed E-state index contributed by atoms with van der Waals surface area (Å²) in [7, 11) is 1.77. The molecule has 2 heterocycles. The molecule has 2 aromatic heterocycles. The first kappa shape index (κ1) is 19.5. The zero-order valence-electron chi connectivity index (χ0n) is 16.1. The van der Waals surface area contributed by atoms with E-state index in [0.29, 0.717) is 29.7 Å². The Morgan fingerprint density at radius 1 is 1.14 bits per heavy atom. The number of carbonyl (C=O) groups is 1. The highest BCUT2D eigenvalue weighted by atomic mass is 32.1. The predicted molar refractivity (Wildman–Crippen MR) is 112 cm³/mol. The third kappa shape index (κ3) is 3.52. The molecule has 0 spiro atoms. The Hall–Kier alpha value is -2.77. The topological polar surface area (TPSA) is 43.3 Å². The van der Waals surface area contributed by atoms with E-state index in [1.54, 1.807) is 26.1 Å². The molecule has 0 radical (unpaired) electrons. The Balaban J connectivity index is 1.95. The van der Waals surface area contributed by atoms with Crippen LogP contribution in [0.25, 0.3) is 21.0 Å². The molecule has 29 heavy (non-hydrogen) atoms. The van der Waals surface area contributed by atoms with Gasteiger partial charge < -0.3 is 14.6 Å². The number of thiophene rings is 1. The van der Waals surface area contributed by atoms with Gasteiger partial charge in [-0.3, -0.25) is 0 Å². The fraction of sp³-hybridized carbons (Fsp3) is 0.227. The Labute approximate surface area is 170 Å². The smallest absolute Gasteiger partial charge is 0.355 e. The molecule has 7 heteroatoms. The van der Waals surface area contributed by atoms with E-state index < -0.39 is 5.97 Å². The summed E-state index contributed by atoms with van der Waals surface area (Å²) in [5.41, 5.74) is 2.70. The van der Waals surface area contributed by atoms with Crippen LogP contribution in [0.2, 0.25) is 0 Å². The maximum absolute atomic E-state index is 14.0. The molecule has 0 aliphatic carbocycles. The lowest BCUT2D eigenvalue weighted by molar-refractivity contribution is 0.0513. The van der Waals surface area contributed by atoms with Crippen molar-refractivity contribution in [2.24, 2.45) is 0 Å². The summed E-state index contributed by atoms with van der Waals surface area (Å²) in [6.45, 7) is 2.72. The summed E-state index contributed by atoms with van der Waals surface area (Å²) < 4.78 is 35.9. The van der Waals surface area contributed by atoms with Gasteiger partial charge in [-0.05, 0) is 61.3 Å². The number of nitrogens with one attached hydrogen (secondary N) is 1. The number of halogens is 2. The quantitative estimate of drug-likeness (QED) is 0.448. The van der Waals surface area contributed by atoms with Crippen molar-refractivity contribution in [1.82, 2.24) is 9.88 Å². The van der Waals surface area contributed by atoms with E-state index in [2.05, 4.69) is 5.32 Å². The fourth-order valence-corrected chi connectivity index (χ4v) is 4.63. The molecule has 4 nitrogen and oxygen atoms in total. The number of nitrogens with zero attached hydrogens (tertiary/aromatic N) is 1. The van der Waals surface area contributed by atoms with Crippen molar-refractivity contribution in [1.29, 1.82) is 0 Å². The van der Waals surface area contributed by atoms with Crippen LogP contribution < -0.4 is 5.32 Å². The third-order valence-corrected chi connectivity index (χ3v) is 5.91. The first-order valence-corrected chi connectivity index (χ1v) is 10.2. The first-order chi connectivity index (χ1) is 14.0. The maximum atomic E-state index is 14.0. The molecule has 0 aliphatic heterocycles. The second-order valence-electron chi connectivity index (χ2n) is 6.73. The van der Waals surface area contributed by atoms with Gasteiger partial charge in [-0.15, -0.1) is 11.3 Å². The van der Waals surface area contributed by atoms with E-state index in [1.807, 2.05) is 9.95 Å². The Morgan fingerprint density at radius 3 is 2.59 bits per heavy atom. The highest BCUT2D eigenvalue weighted by molar-refractivity contribution is 7.17. The van der Waals surface area contributed by atoms with E-state index in [4.69, 9.17) is 4.74 Å². The van der Waals surface area contributed by atoms with E-state index in [9.17, 15) is 13.6 Å². The summed E-state index contributed by atoms with van der Waals surface area (Å²) in [5.74, 6) is -1.14. The van der Waals surface area contributed by atoms with E-state index >= 15 is 0 Å². The number of rotatable bonds is 6. The molecule has 4 rings (SSSR count). The minimum Gasteiger partial charge on any atom is -0.461 e. The van der Waals surface area contributed by atoms with E-state index in [-0.39, 0.29) is 18.2 Å².